The Kier molecular flexibility index (Phi) is 25.1. The molecule has 0 aromatic rings. The summed E-state index contributed by atoms with van der Waals surface area (Å²) in [6.45, 7) is -0.321. The van der Waals surface area contributed by atoms with E-state index in [1.807, 2.05) is 0 Å². The zero-order valence-corrected chi connectivity index (χ0v) is 65.1. The topological polar surface area (TPSA) is 20.2 Å². The molecule has 0 aliphatic rings. The molecule has 0 rings (SSSR count). The molecule has 0 bridgehead atoms. The lowest BCUT2D eigenvalue weighted by Crippen LogP contribution is -2.73. The summed E-state index contributed by atoms with van der Waals surface area (Å²) in [5, 5.41) is 10.2. The van der Waals surface area contributed by atoms with Gasteiger partial charge in [-0.2, -0.15) is 0 Å². The SMILES string of the molecule is OCC(Br)(Br)C(Br)(Br)C(Br)(Br)C(Br)(Br)C(Br)(Br)C(Br)(Br)C(Br)(Br)C(Br)(Br)C(Br)(Br)C(Br)(Br)C(Br)(Br)C(Br)(Br)C(Br)(Br)C(Br)(Br)Br. The molecule has 0 aliphatic heterocycles. The maximum Gasteiger partial charge on any atom is 0.162 e. The van der Waals surface area contributed by atoms with Gasteiger partial charge in [-0.25, -0.2) is 0 Å². The van der Waals surface area contributed by atoms with E-state index < -0.39 is 44.2 Å². The van der Waals surface area contributed by atoms with Crippen molar-refractivity contribution < 1.29 is 5.11 Å². The third-order valence-corrected chi connectivity index (χ3v) is 66.3. The van der Waals surface area contributed by atoms with Crippen molar-refractivity contribution in [3.8, 4) is 0 Å². The predicted octanol–water partition coefficient (Wildman–Crippen LogP) is 21.1. The quantitative estimate of drug-likeness (QED) is 0.182. The largest absolute Gasteiger partial charge is 0.394 e. The van der Waals surface area contributed by atoms with Crippen LogP contribution in [0.4, 0.5) is 0 Å². The summed E-state index contributed by atoms with van der Waals surface area (Å²) in [5.74, 6) is 0. The molecule has 0 aromatic heterocycles. The Bertz CT molecular complexity index is 1080. The number of aliphatic hydroxyl groups is 1. The number of halogens is 29. The van der Waals surface area contributed by atoms with Gasteiger partial charge in [0.15, 0.2) is 2.14 Å². The molecular weight excluding hydrogens is 2510 g/mol. The number of rotatable bonds is 13. The first kappa shape index (κ1) is 58.9. The van der Waals surface area contributed by atoms with Gasteiger partial charge in [0, 0.05) is 0 Å². The van der Waals surface area contributed by atoms with Crippen LogP contribution >= 0.6 is 462 Å². The Morgan fingerprint density at radius 3 is 0.489 bits per heavy atom. The number of alkyl halides is 29. The van der Waals surface area contributed by atoms with E-state index >= 15 is 0 Å². The predicted molar refractivity (Wildman–Crippen MR) is 304 cm³/mol. The molecule has 0 unspecified atom stereocenters. The maximum absolute atomic E-state index is 10.2. The molecule has 0 saturated carbocycles. The molecule has 272 valence electrons. The van der Waals surface area contributed by atoms with Crippen molar-refractivity contribution in [3.63, 3.8) is 0 Å². The Balaban J connectivity index is 7.53. The van der Waals surface area contributed by atoms with Gasteiger partial charge < -0.3 is 5.11 Å². The van der Waals surface area contributed by atoms with Crippen LogP contribution in [0.1, 0.15) is 0 Å². The highest BCUT2D eigenvalue weighted by Gasteiger charge is 2.82. The molecule has 0 aliphatic carbocycles. The normalized spacial score (nSPS) is 17.2. The molecule has 0 fully saturated rings. The Hall–Kier alpha value is 13.9. The first-order valence-corrected chi connectivity index (χ1v) is 32.4. The average molecular weight is 2520 g/mol. The van der Waals surface area contributed by atoms with Gasteiger partial charge in [-0.05, 0) is 0 Å². The minimum atomic E-state index is -1.28. The highest BCUT2D eigenvalue weighted by molar-refractivity contribution is 9.42. The third-order valence-electron chi connectivity index (χ3n) is 5.35. The monoisotopic (exact) mass is 2490 g/mol. The van der Waals surface area contributed by atoms with Gasteiger partial charge in [0.05, 0.1) is 6.61 Å². The summed E-state index contributed by atoms with van der Waals surface area (Å²) < 4.78 is -16.4. The molecule has 0 spiro atoms. The minimum Gasteiger partial charge on any atom is -0.394 e. The molecule has 0 saturated heterocycles. The summed E-state index contributed by atoms with van der Waals surface area (Å²) in [6.07, 6.45) is 0. The van der Waals surface area contributed by atoms with Crippen molar-refractivity contribution in [1.29, 1.82) is 0 Å². The molecule has 0 amide bonds. The lowest BCUT2D eigenvalue weighted by atomic mass is 10.0. The van der Waals surface area contributed by atoms with Crippen LogP contribution in [0.5, 0.6) is 0 Å². The van der Waals surface area contributed by atoms with Gasteiger partial charge in [-0.15, -0.1) is 0 Å². The van der Waals surface area contributed by atoms with Crippen LogP contribution in [0.2, 0.25) is 0 Å². The smallest absolute Gasteiger partial charge is 0.162 e. The Morgan fingerprint density at radius 1 is 0.222 bits per heavy atom. The fraction of sp³-hybridized carbons (Fsp3) is 1.00. The maximum atomic E-state index is 10.2. The zero-order chi connectivity index (χ0) is 37.7. The van der Waals surface area contributed by atoms with E-state index in [0.29, 0.717) is 0 Å². The molecule has 30 heteroatoms. The first-order chi connectivity index (χ1) is 18.8. The van der Waals surface area contributed by atoms with Crippen LogP contribution in [-0.4, -0.2) is 55.9 Å². The molecule has 45 heavy (non-hydrogen) atoms. The Labute approximate surface area is 505 Å². The van der Waals surface area contributed by atoms with E-state index in [9.17, 15) is 5.11 Å². The van der Waals surface area contributed by atoms with Gasteiger partial charge in [0.1, 0.15) is 42.0 Å². The first-order valence-electron chi connectivity index (χ1n) is 9.40. The molecule has 0 atom stereocenters. The molecule has 1 N–H and O–H groups in total. The molecule has 0 heterocycles. The van der Waals surface area contributed by atoms with Crippen molar-refractivity contribution in [2.45, 2.75) is 44.2 Å². The number of aliphatic hydroxyl groups excluding tert-OH is 1. The molecule has 1 nitrogen and oxygen atoms in total. The second kappa shape index (κ2) is 19.2. The van der Waals surface area contributed by atoms with Crippen LogP contribution in [0.15, 0.2) is 0 Å². The van der Waals surface area contributed by atoms with E-state index in [-0.39, 0.29) is 6.61 Å². The van der Waals surface area contributed by atoms with E-state index in [2.05, 4.69) is 462 Å². The summed E-state index contributed by atoms with van der Waals surface area (Å²) in [5.41, 5.74) is 0. The average Bonchev–Trinajstić information content (AvgIpc) is 2.81. The second-order valence-electron chi connectivity index (χ2n) is 8.25. The van der Waals surface area contributed by atoms with Crippen molar-refractivity contribution in [2.24, 2.45) is 0 Å². The molecule has 0 radical (unpaired) electrons. The van der Waals surface area contributed by atoms with Crippen LogP contribution in [0.25, 0.3) is 0 Å². The molecular formula is C15H3Br29O. The fourth-order valence-electron chi connectivity index (χ4n) is 2.48. The Morgan fingerprint density at radius 2 is 0.356 bits per heavy atom. The van der Waals surface area contributed by atoms with Gasteiger partial charge >= 0.3 is 0 Å². The summed E-state index contributed by atoms with van der Waals surface area (Å²) in [6, 6.07) is 0. The number of hydrogen-bond acceptors (Lipinski definition) is 1. The van der Waals surface area contributed by atoms with Crippen molar-refractivity contribution in [1.82, 2.24) is 0 Å². The number of hydrogen-bond donors (Lipinski definition) is 1. The van der Waals surface area contributed by atoms with Gasteiger partial charge in [-0.1, -0.05) is 462 Å². The van der Waals surface area contributed by atoms with Crippen LogP contribution in [-0.2, 0) is 0 Å². The summed E-state index contributed by atoms with van der Waals surface area (Å²) in [7, 11) is 0. The van der Waals surface area contributed by atoms with Crippen molar-refractivity contribution >= 4 is 462 Å². The van der Waals surface area contributed by atoms with E-state index in [1.54, 1.807) is 0 Å². The lowest BCUT2D eigenvalue weighted by Gasteiger charge is -2.61. The van der Waals surface area contributed by atoms with Crippen LogP contribution in [0, 0.1) is 0 Å². The van der Waals surface area contributed by atoms with Gasteiger partial charge in [0.25, 0.3) is 0 Å². The van der Waals surface area contributed by atoms with E-state index in [0.717, 1.165) is 0 Å². The van der Waals surface area contributed by atoms with E-state index in [1.165, 1.54) is 0 Å². The zero-order valence-electron chi connectivity index (χ0n) is 19.1. The van der Waals surface area contributed by atoms with E-state index in [4.69, 9.17) is 0 Å². The van der Waals surface area contributed by atoms with Gasteiger partial charge in [-0.3, -0.25) is 0 Å². The van der Waals surface area contributed by atoms with Crippen molar-refractivity contribution in [3.05, 3.63) is 0 Å². The van der Waals surface area contributed by atoms with Crippen LogP contribution < -0.4 is 0 Å². The summed E-state index contributed by atoms with van der Waals surface area (Å²) >= 11 is 111. The second-order valence-corrected chi connectivity index (χ2v) is 60.1. The minimum absolute atomic E-state index is 0.321. The van der Waals surface area contributed by atoms with Crippen molar-refractivity contribution in [2.75, 3.05) is 6.61 Å². The van der Waals surface area contributed by atoms with Crippen LogP contribution in [0.3, 0.4) is 0 Å². The lowest BCUT2D eigenvalue weighted by molar-refractivity contribution is 0.282. The highest BCUT2D eigenvalue weighted by Crippen LogP contribution is 2.82. The molecule has 0 aromatic carbocycles. The van der Waals surface area contributed by atoms with Gasteiger partial charge in [0.2, 0.25) is 0 Å². The third kappa shape index (κ3) is 10.1. The highest BCUT2D eigenvalue weighted by atomic mass is 80.0. The fourth-order valence-corrected chi connectivity index (χ4v) is 30.7. The standard InChI is InChI=1S/C15H3Br29O/c16-2(17,1-45)3(18,19)4(20,21)5(22,23)6(24,25)7(26,27)8(28,29)9(30,31)10(32,33)11(34,35)12(36,37)13(38,39)14(40,41)15(42,43)44/h45H,1H2. The summed E-state index contributed by atoms with van der Waals surface area (Å²) in [4.78, 5) is 0.